The van der Waals surface area contributed by atoms with Gasteiger partial charge in [0.1, 0.15) is 6.10 Å². The zero-order valence-corrected chi connectivity index (χ0v) is 21.7. The number of rotatable bonds is 5. The van der Waals surface area contributed by atoms with Crippen molar-refractivity contribution >= 4 is 0 Å². The number of fused-ring (bicyclic) bond motifs is 7. The molecule has 0 saturated heterocycles. The van der Waals surface area contributed by atoms with E-state index in [1.54, 1.807) is 5.57 Å². The van der Waals surface area contributed by atoms with E-state index in [2.05, 4.69) is 46.7 Å². The van der Waals surface area contributed by atoms with Crippen molar-refractivity contribution in [1.29, 1.82) is 0 Å². The standard InChI is InChI=1S/C29H49NO2/c1-18(17-30(5)6)7-10-25-19(2)27-26(32-25)16-24-22-9-8-20-15-21(31)11-13-28(20,3)23(22)12-14-29(24,27)4/h18,20-24,26-27,31H,7-17H2,1-6H3/t18-,20-,21-,22?,23-,24-,26-,27-,28-,29-/m0/s1. The SMILES string of the molecule is CC1=C(CC[C@H](C)CN(C)C)O[C@H]2C[C@H]3C4CC[C@H]5C[C@@H](O)CC[C@]5(C)[C@H]4CC[C@]3(C)[C@@H]12. The number of ether oxygens (including phenoxy) is 1. The molecule has 5 rings (SSSR count). The summed E-state index contributed by atoms with van der Waals surface area (Å²) in [7, 11) is 4.36. The Hall–Kier alpha value is -0.540. The number of aliphatic hydroxyl groups is 1. The summed E-state index contributed by atoms with van der Waals surface area (Å²) < 4.78 is 6.77. The van der Waals surface area contributed by atoms with Gasteiger partial charge in [-0.15, -0.1) is 0 Å². The molecular weight excluding hydrogens is 394 g/mol. The highest BCUT2D eigenvalue weighted by Gasteiger charge is 2.64. The van der Waals surface area contributed by atoms with Gasteiger partial charge in [-0.25, -0.2) is 0 Å². The monoisotopic (exact) mass is 443 g/mol. The fourth-order valence-corrected chi connectivity index (χ4v) is 9.91. The molecule has 0 bridgehead atoms. The smallest absolute Gasteiger partial charge is 0.106 e. The van der Waals surface area contributed by atoms with Gasteiger partial charge in [0.2, 0.25) is 0 Å². The highest BCUT2D eigenvalue weighted by atomic mass is 16.5. The lowest BCUT2D eigenvalue weighted by Gasteiger charge is -2.60. The molecule has 0 amide bonds. The minimum atomic E-state index is -0.0376. The molecule has 5 aliphatic rings. The summed E-state index contributed by atoms with van der Waals surface area (Å²) >= 11 is 0. The minimum Gasteiger partial charge on any atom is -0.494 e. The van der Waals surface area contributed by atoms with Crippen LogP contribution < -0.4 is 0 Å². The predicted octanol–water partition coefficient (Wildman–Crippen LogP) is 6.27. The van der Waals surface area contributed by atoms with Crippen LogP contribution in [0.3, 0.4) is 0 Å². The fraction of sp³-hybridized carbons (Fsp3) is 0.931. The van der Waals surface area contributed by atoms with E-state index in [4.69, 9.17) is 4.74 Å². The van der Waals surface area contributed by atoms with Gasteiger partial charge < -0.3 is 14.7 Å². The van der Waals surface area contributed by atoms with Gasteiger partial charge in [-0.2, -0.15) is 0 Å². The van der Waals surface area contributed by atoms with Crippen molar-refractivity contribution < 1.29 is 9.84 Å². The fourth-order valence-electron chi connectivity index (χ4n) is 9.91. The van der Waals surface area contributed by atoms with Crippen LogP contribution in [0.5, 0.6) is 0 Å². The van der Waals surface area contributed by atoms with E-state index in [1.807, 2.05) is 0 Å². The van der Waals surface area contributed by atoms with E-state index in [9.17, 15) is 5.11 Å². The van der Waals surface area contributed by atoms with E-state index in [-0.39, 0.29) is 6.10 Å². The number of hydrogen-bond acceptors (Lipinski definition) is 3. The molecule has 1 unspecified atom stereocenters. The molecular formula is C29H49NO2. The third-order valence-corrected chi connectivity index (χ3v) is 11.4. The molecule has 182 valence electrons. The van der Waals surface area contributed by atoms with Crippen LogP contribution in [0.4, 0.5) is 0 Å². The molecule has 1 N–H and O–H groups in total. The van der Waals surface area contributed by atoms with Gasteiger partial charge in [0, 0.05) is 18.9 Å². The molecule has 0 radical (unpaired) electrons. The zero-order chi connectivity index (χ0) is 22.8. The van der Waals surface area contributed by atoms with Crippen LogP contribution in [0.2, 0.25) is 0 Å². The van der Waals surface area contributed by atoms with Crippen molar-refractivity contribution in [2.45, 2.75) is 104 Å². The zero-order valence-electron chi connectivity index (χ0n) is 21.7. The first-order chi connectivity index (χ1) is 15.1. The summed E-state index contributed by atoms with van der Waals surface area (Å²) in [6, 6.07) is 0. The first-order valence-corrected chi connectivity index (χ1v) is 13.8. The first kappa shape index (κ1) is 23.2. The summed E-state index contributed by atoms with van der Waals surface area (Å²) in [5.41, 5.74) is 2.52. The Morgan fingerprint density at radius 1 is 1.03 bits per heavy atom. The van der Waals surface area contributed by atoms with E-state index < -0.39 is 0 Å². The van der Waals surface area contributed by atoms with E-state index in [0.29, 0.717) is 22.9 Å². The first-order valence-electron chi connectivity index (χ1n) is 13.8. The number of allylic oxidation sites excluding steroid dienone is 1. The molecule has 0 aromatic heterocycles. The lowest BCUT2D eigenvalue weighted by molar-refractivity contribution is -0.124. The summed E-state index contributed by atoms with van der Waals surface area (Å²) in [4.78, 5) is 2.31. The normalized spacial score (nSPS) is 48.7. The van der Waals surface area contributed by atoms with Crippen LogP contribution >= 0.6 is 0 Å². The quantitative estimate of drug-likeness (QED) is 0.544. The third kappa shape index (κ3) is 3.60. The van der Waals surface area contributed by atoms with Gasteiger partial charge >= 0.3 is 0 Å². The summed E-state index contributed by atoms with van der Waals surface area (Å²) in [6.45, 7) is 11.2. The Bertz CT molecular complexity index is 745. The molecule has 32 heavy (non-hydrogen) atoms. The van der Waals surface area contributed by atoms with Crippen molar-refractivity contribution in [3.8, 4) is 0 Å². The third-order valence-electron chi connectivity index (χ3n) is 11.4. The number of nitrogens with zero attached hydrogens (tertiary/aromatic N) is 1. The maximum atomic E-state index is 10.3. The van der Waals surface area contributed by atoms with Gasteiger partial charge in [-0.05, 0) is 125 Å². The molecule has 4 aliphatic carbocycles. The van der Waals surface area contributed by atoms with Gasteiger partial charge in [-0.3, -0.25) is 0 Å². The van der Waals surface area contributed by atoms with Crippen molar-refractivity contribution in [3.63, 3.8) is 0 Å². The van der Waals surface area contributed by atoms with Gasteiger partial charge in [-0.1, -0.05) is 20.8 Å². The van der Waals surface area contributed by atoms with Crippen LogP contribution in [0.25, 0.3) is 0 Å². The molecule has 1 aliphatic heterocycles. The minimum absolute atomic E-state index is 0.0376. The van der Waals surface area contributed by atoms with E-state index in [1.165, 1.54) is 57.2 Å². The molecule has 3 nitrogen and oxygen atoms in total. The van der Waals surface area contributed by atoms with Crippen LogP contribution in [-0.4, -0.2) is 42.9 Å². The average Bonchev–Trinajstić information content (AvgIpc) is 3.20. The Morgan fingerprint density at radius 2 is 1.78 bits per heavy atom. The second-order valence-electron chi connectivity index (χ2n) is 13.5. The second kappa shape index (κ2) is 8.29. The highest BCUT2D eigenvalue weighted by molar-refractivity contribution is 5.26. The largest absolute Gasteiger partial charge is 0.494 e. The molecule has 4 saturated carbocycles. The number of hydrogen-bond donors (Lipinski definition) is 1. The maximum Gasteiger partial charge on any atom is 0.106 e. The Morgan fingerprint density at radius 3 is 2.53 bits per heavy atom. The maximum absolute atomic E-state index is 10.3. The lowest BCUT2D eigenvalue weighted by Crippen LogP contribution is -2.54. The van der Waals surface area contributed by atoms with Crippen molar-refractivity contribution in [2.75, 3.05) is 20.6 Å². The molecule has 4 fully saturated rings. The van der Waals surface area contributed by atoms with Crippen molar-refractivity contribution in [1.82, 2.24) is 4.90 Å². The Kier molecular flexibility index (Phi) is 6.02. The van der Waals surface area contributed by atoms with Gasteiger partial charge in [0.05, 0.1) is 11.9 Å². The molecule has 1 heterocycles. The summed E-state index contributed by atoms with van der Waals surface area (Å²) in [6.07, 6.45) is 13.0. The van der Waals surface area contributed by atoms with Crippen LogP contribution in [-0.2, 0) is 4.74 Å². The molecule has 0 aromatic carbocycles. The number of aliphatic hydroxyl groups excluding tert-OH is 1. The molecule has 0 aromatic rings. The van der Waals surface area contributed by atoms with Crippen LogP contribution in [0.1, 0.15) is 91.9 Å². The van der Waals surface area contributed by atoms with Crippen LogP contribution in [0, 0.1) is 46.3 Å². The van der Waals surface area contributed by atoms with Crippen molar-refractivity contribution in [3.05, 3.63) is 11.3 Å². The Labute approximate surface area is 197 Å². The van der Waals surface area contributed by atoms with Crippen molar-refractivity contribution in [2.24, 2.45) is 46.3 Å². The van der Waals surface area contributed by atoms with Gasteiger partial charge in [0.25, 0.3) is 0 Å². The van der Waals surface area contributed by atoms with Gasteiger partial charge in [0.15, 0.2) is 0 Å². The highest BCUT2D eigenvalue weighted by Crippen LogP contribution is 2.69. The van der Waals surface area contributed by atoms with Crippen LogP contribution in [0.15, 0.2) is 11.3 Å². The average molecular weight is 444 g/mol. The molecule has 10 atom stereocenters. The van der Waals surface area contributed by atoms with E-state index >= 15 is 0 Å². The van der Waals surface area contributed by atoms with E-state index in [0.717, 1.165) is 48.9 Å². The summed E-state index contributed by atoms with van der Waals surface area (Å²) in [5.74, 6) is 6.09. The topological polar surface area (TPSA) is 32.7 Å². The summed E-state index contributed by atoms with van der Waals surface area (Å²) in [5, 5.41) is 10.3. The Balaban J connectivity index is 1.31. The second-order valence-corrected chi connectivity index (χ2v) is 13.5. The lowest BCUT2D eigenvalue weighted by atomic mass is 9.44. The molecule has 0 spiro atoms. The molecule has 3 heteroatoms. The predicted molar refractivity (Wildman–Crippen MR) is 131 cm³/mol.